The molecule has 1 aliphatic rings. The predicted octanol–water partition coefficient (Wildman–Crippen LogP) is 2.96. The lowest BCUT2D eigenvalue weighted by atomic mass is 10.1. The van der Waals surface area contributed by atoms with Crippen molar-refractivity contribution < 1.29 is 5.11 Å². The van der Waals surface area contributed by atoms with Crippen molar-refractivity contribution in [3.05, 3.63) is 42.4 Å². The van der Waals surface area contributed by atoms with Crippen LogP contribution in [0, 0.1) is 6.92 Å². The van der Waals surface area contributed by atoms with Gasteiger partial charge in [-0.3, -0.25) is 9.67 Å². The average molecular weight is 362 g/mol. The van der Waals surface area contributed by atoms with E-state index >= 15 is 0 Å². The lowest BCUT2D eigenvalue weighted by Crippen LogP contribution is -2.03. The lowest BCUT2D eigenvalue weighted by Gasteiger charge is -2.07. The van der Waals surface area contributed by atoms with Crippen molar-refractivity contribution in [1.82, 2.24) is 30.0 Å². The van der Waals surface area contributed by atoms with Crippen LogP contribution in [0.4, 0.5) is 0 Å². The topological polar surface area (TPSA) is 88.8 Å². The highest BCUT2D eigenvalue weighted by Crippen LogP contribution is 2.35. The summed E-state index contributed by atoms with van der Waals surface area (Å²) in [6, 6.07) is 5.57. The number of nitrogens with zero attached hydrogens (tertiary/aromatic N) is 5. The van der Waals surface area contributed by atoms with Crippen molar-refractivity contribution in [3.63, 3.8) is 0 Å². The van der Waals surface area contributed by atoms with E-state index in [2.05, 4.69) is 25.4 Å². The summed E-state index contributed by atoms with van der Waals surface area (Å²) in [5.74, 6) is 0.640. The molecule has 2 N–H and O–H groups in total. The number of nitrogens with one attached hydrogen (secondary N) is 1. The minimum Gasteiger partial charge on any atom is -0.507 e. The molecule has 5 rings (SSSR count). The van der Waals surface area contributed by atoms with Crippen LogP contribution in [-0.2, 0) is 7.05 Å². The monoisotopic (exact) mass is 362 g/mol. The lowest BCUT2D eigenvalue weighted by molar-refractivity contribution is 0.473. The van der Waals surface area contributed by atoms with Crippen molar-refractivity contribution in [2.75, 3.05) is 13.1 Å². The second-order valence-corrected chi connectivity index (χ2v) is 6.70. The molecule has 4 aromatic rings. The molecule has 4 heterocycles. The molecule has 0 amide bonds. The SMILES string of the molecule is C1CCNC1.Cc1c(O)c(-c2ncc3ncccc3n2)cc2cn(C)nc12. The predicted molar refractivity (Wildman–Crippen MR) is 106 cm³/mol. The van der Waals surface area contributed by atoms with Crippen LogP contribution in [0.2, 0.25) is 0 Å². The van der Waals surface area contributed by atoms with E-state index in [1.807, 2.05) is 38.4 Å². The van der Waals surface area contributed by atoms with Gasteiger partial charge in [-0.05, 0) is 51.1 Å². The number of rotatable bonds is 1. The number of hydrogen-bond donors (Lipinski definition) is 2. The Hall–Kier alpha value is -3.06. The Morgan fingerprint density at radius 1 is 1.15 bits per heavy atom. The zero-order valence-electron chi connectivity index (χ0n) is 15.5. The number of aromatic nitrogens is 5. The molecule has 0 saturated carbocycles. The van der Waals surface area contributed by atoms with Crippen LogP contribution in [-0.4, -0.2) is 42.9 Å². The van der Waals surface area contributed by atoms with E-state index < -0.39 is 0 Å². The maximum atomic E-state index is 10.5. The molecule has 0 spiro atoms. The van der Waals surface area contributed by atoms with Crippen LogP contribution in [0.5, 0.6) is 5.75 Å². The summed E-state index contributed by atoms with van der Waals surface area (Å²) in [6.45, 7) is 4.34. The molecule has 138 valence electrons. The standard InChI is InChI=1S/C16H13N5O.C4H9N/c1-9-14-10(8-21(2)20-14)6-11(15(9)22)16-18-7-13-12(19-16)4-3-5-17-13;1-2-4-5-3-1/h3-8,22H,1-2H3;5H,1-4H2. The first-order valence-electron chi connectivity index (χ1n) is 9.08. The van der Waals surface area contributed by atoms with Crippen LogP contribution in [0.15, 0.2) is 36.8 Å². The molecule has 0 radical (unpaired) electrons. The molecule has 1 aromatic carbocycles. The molecule has 7 nitrogen and oxygen atoms in total. The number of phenolic OH excluding ortho intramolecular Hbond substituents is 1. The summed E-state index contributed by atoms with van der Waals surface area (Å²) in [5, 5.41) is 19.0. The highest BCUT2D eigenvalue weighted by Gasteiger charge is 2.15. The maximum absolute atomic E-state index is 10.5. The van der Waals surface area contributed by atoms with Crippen molar-refractivity contribution >= 4 is 21.9 Å². The first-order valence-corrected chi connectivity index (χ1v) is 9.08. The fraction of sp³-hybridized carbons (Fsp3) is 0.300. The molecular weight excluding hydrogens is 340 g/mol. The first kappa shape index (κ1) is 17.4. The fourth-order valence-corrected chi connectivity index (χ4v) is 3.24. The van der Waals surface area contributed by atoms with E-state index in [9.17, 15) is 5.11 Å². The fourth-order valence-electron chi connectivity index (χ4n) is 3.24. The number of fused-ring (bicyclic) bond motifs is 2. The molecule has 0 bridgehead atoms. The van der Waals surface area contributed by atoms with Gasteiger partial charge in [-0.15, -0.1) is 0 Å². The van der Waals surface area contributed by atoms with Crippen molar-refractivity contribution in [3.8, 4) is 17.1 Å². The Balaban J connectivity index is 0.000000314. The number of hydrogen-bond acceptors (Lipinski definition) is 6. The second-order valence-electron chi connectivity index (χ2n) is 6.70. The van der Waals surface area contributed by atoms with Crippen molar-refractivity contribution in [2.45, 2.75) is 19.8 Å². The summed E-state index contributed by atoms with van der Waals surface area (Å²) in [4.78, 5) is 13.0. The second kappa shape index (κ2) is 7.28. The zero-order chi connectivity index (χ0) is 18.8. The molecule has 0 unspecified atom stereocenters. The third-order valence-electron chi connectivity index (χ3n) is 4.67. The molecule has 0 atom stereocenters. The summed E-state index contributed by atoms with van der Waals surface area (Å²) in [5.41, 5.74) is 3.58. The average Bonchev–Trinajstić information content (AvgIpc) is 3.37. The minimum atomic E-state index is 0.162. The van der Waals surface area contributed by atoms with Gasteiger partial charge >= 0.3 is 0 Å². The Kier molecular flexibility index (Phi) is 4.68. The van der Waals surface area contributed by atoms with Crippen LogP contribution in [0.1, 0.15) is 18.4 Å². The Morgan fingerprint density at radius 2 is 1.96 bits per heavy atom. The summed E-state index contributed by atoms with van der Waals surface area (Å²) in [6.07, 6.45) is 8.06. The van der Waals surface area contributed by atoms with Crippen LogP contribution in [0.3, 0.4) is 0 Å². The van der Waals surface area contributed by atoms with Gasteiger partial charge in [-0.2, -0.15) is 5.10 Å². The summed E-state index contributed by atoms with van der Waals surface area (Å²) < 4.78 is 1.73. The highest BCUT2D eigenvalue weighted by atomic mass is 16.3. The Bertz CT molecular complexity index is 1090. The van der Waals surface area contributed by atoms with Crippen LogP contribution >= 0.6 is 0 Å². The number of benzene rings is 1. The molecule has 7 heteroatoms. The van der Waals surface area contributed by atoms with Gasteiger partial charge < -0.3 is 10.4 Å². The zero-order valence-corrected chi connectivity index (χ0v) is 15.5. The quantitative estimate of drug-likeness (QED) is 0.541. The molecule has 1 aliphatic heterocycles. The van der Waals surface area contributed by atoms with E-state index in [-0.39, 0.29) is 5.75 Å². The van der Waals surface area contributed by atoms with Gasteiger partial charge in [-0.1, -0.05) is 0 Å². The number of phenols is 1. The smallest absolute Gasteiger partial charge is 0.163 e. The van der Waals surface area contributed by atoms with E-state index in [4.69, 9.17) is 0 Å². The Labute approximate surface area is 157 Å². The van der Waals surface area contributed by atoms with Gasteiger partial charge in [0.1, 0.15) is 11.3 Å². The van der Waals surface area contributed by atoms with E-state index in [0.29, 0.717) is 11.4 Å². The molecular formula is C20H22N6O. The van der Waals surface area contributed by atoms with Gasteiger partial charge in [0.05, 0.1) is 22.8 Å². The molecule has 27 heavy (non-hydrogen) atoms. The van der Waals surface area contributed by atoms with Crippen LogP contribution < -0.4 is 5.32 Å². The van der Waals surface area contributed by atoms with Crippen molar-refractivity contribution in [2.24, 2.45) is 7.05 Å². The number of aromatic hydroxyl groups is 1. The van der Waals surface area contributed by atoms with Gasteiger partial charge in [0.25, 0.3) is 0 Å². The first-order chi connectivity index (χ1) is 13.1. The summed E-state index contributed by atoms with van der Waals surface area (Å²) >= 11 is 0. The third kappa shape index (κ3) is 3.46. The van der Waals surface area contributed by atoms with Crippen molar-refractivity contribution in [1.29, 1.82) is 0 Å². The molecule has 3 aromatic heterocycles. The van der Waals surface area contributed by atoms with E-state index in [1.54, 1.807) is 17.1 Å². The maximum Gasteiger partial charge on any atom is 0.163 e. The number of pyridine rings is 1. The van der Waals surface area contributed by atoms with E-state index in [1.165, 1.54) is 25.9 Å². The van der Waals surface area contributed by atoms with Gasteiger partial charge in [0.15, 0.2) is 5.82 Å². The minimum absolute atomic E-state index is 0.162. The van der Waals surface area contributed by atoms with Crippen LogP contribution in [0.25, 0.3) is 33.3 Å². The van der Waals surface area contributed by atoms with Gasteiger partial charge in [-0.25, -0.2) is 9.97 Å². The van der Waals surface area contributed by atoms with E-state index in [0.717, 1.165) is 27.5 Å². The largest absolute Gasteiger partial charge is 0.507 e. The summed E-state index contributed by atoms with van der Waals surface area (Å²) in [7, 11) is 1.86. The normalized spacial score (nSPS) is 13.7. The third-order valence-corrected chi connectivity index (χ3v) is 4.67. The van der Waals surface area contributed by atoms with Gasteiger partial charge in [0, 0.05) is 30.4 Å². The highest BCUT2D eigenvalue weighted by molar-refractivity contribution is 5.90. The number of aryl methyl sites for hydroxylation is 2. The molecule has 0 aliphatic carbocycles. The van der Waals surface area contributed by atoms with Gasteiger partial charge in [0.2, 0.25) is 0 Å². The molecule has 1 saturated heterocycles. The Morgan fingerprint density at radius 3 is 2.70 bits per heavy atom. The molecule has 1 fully saturated rings.